The second-order valence-electron chi connectivity index (χ2n) is 4.23. The van der Waals surface area contributed by atoms with Gasteiger partial charge in [-0.1, -0.05) is 13.8 Å². The number of carboxylic acid groups (broad SMARTS) is 1. The van der Waals surface area contributed by atoms with Gasteiger partial charge >= 0.3 is 5.97 Å². The molecule has 1 aliphatic heterocycles. The number of hydrogen-bond donors (Lipinski definition) is 1. The average molecular weight is 214 g/mol. The van der Waals surface area contributed by atoms with Crippen LogP contribution in [0.15, 0.2) is 0 Å². The molecule has 88 valence electrons. The lowest BCUT2D eigenvalue weighted by molar-refractivity contribution is -0.144. The highest BCUT2D eigenvalue weighted by atomic mass is 16.4. The number of carboxylic acids is 1. The van der Waals surface area contributed by atoms with Crippen LogP contribution in [0, 0.1) is 0 Å². The molecule has 0 aromatic rings. The minimum atomic E-state index is -0.686. The van der Waals surface area contributed by atoms with E-state index in [4.69, 9.17) is 5.11 Å². The largest absolute Gasteiger partial charge is 0.480 e. The molecular weight excluding hydrogens is 192 g/mol. The number of hydrogen-bond acceptors (Lipinski definition) is 3. The fraction of sp³-hybridized carbons (Fsp3) is 0.909. The van der Waals surface area contributed by atoms with Gasteiger partial charge < -0.3 is 5.11 Å². The van der Waals surface area contributed by atoms with Crippen molar-refractivity contribution in [3.8, 4) is 0 Å². The van der Waals surface area contributed by atoms with Crippen molar-refractivity contribution in [2.45, 2.75) is 39.3 Å². The Morgan fingerprint density at radius 3 is 2.53 bits per heavy atom. The van der Waals surface area contributed by atoms with Crippen molar-refractivity contribution >= 4 is 5.97 Å². The smallest absolute Gasteiger partial charge is 0.320 e. The van der Waals surface area contributed by atoms with Crippen molar-refractivity contribution in [1.29, 1.82) is 0 Å². The lowest BCUT2D eigenvalue weighted by Gasteiger charge is -2.41. The molecule has 0 radical (unpaired) electrons. The average Bonchev–Trinajstić information content (AvgIpc) is 2.18. The Morgan fingerprint density at radius 2 is 2.13 bits per heavy atom. The van der Waals surface area contributed by atoms with Crippen molar-refractivity contribution in [3.05, 3.63) is 0 Å². The molecule has 0 amide bonds. The van der Waals surface area contributed by atoms with Gasteiger partial charge in [-0.05, 0) is 19.9 Å². The molecule has 0 saturated carbocycles. The molecule has 2 atom stereocenters. The molecule has 1 aliphatic rings. The van der Waals surface area contributed by atoms with Crippen LogP contribution in [0.2, 0.25) is 0 Å². The summed E-state index contributed by atoms with van der Waals surface area (Å²) in [4.78, 5) is 15.5. The first-order valence-corrected chi connectivity index (χ1v) is 5.81. The molecule has 15 heavy (non-hydrogen) atoms. The molecule has 0 aliphatic carbocycles. The molecule has 1 N–H and O–H groups in total. The zero-order valence-electron chi connectivity index (χ0n) is 9.94. The summed E-state index contributed by atoms with van der Waals surface area (Å²) in [5, 5.41) is 9.08. The second kappa shape index (κ2) is 5.47. The molecule has 2 unspecified atom stereocenters. The maximum atomic E-state index is 11.0. The maximum absolute atomic E-state index is 11.0. The quantitative estimate of drug-likeness (QED) is 0.754. The summed E-state index contributed by atoms with van der Waals surface area (Å²) in [5.74, 6) is -0.686. The summed E-state index contributed by atoms with van der Waals surface area (Å²) in [6, 6.07) is 0.170. The van der Waals surface area contributed by atoms with E-state index < -0.39 is 5.97 Å². The third-order valence-electron chi connectivity index (χ3n) is 3.32. The molecule has 1 fully saturated rings. The molecule has 0 spiro atoms. The van der Waals surface area contributed by atoms with Crippen LogP contribution in [-0.2, 0) is 4.79 Å². The Hall–Kier alpha value is -0.610. The fourth-order valence-corrected chi connectivity index (χ4v) is 2.37. The molecular formula is C11H22N2O2. The first-order valence-electron chi connectivity index (χ1n) is 5.81. The highest BCUT2D eigenvalue weighted by Crippen LogP contribution is 2.13. The minimum Gasteiger partial charge on any atom is -0.480 e. The van der Waals surface area contributed by atoms with Crippen LogP contribution in [0.5, 0.6) is 0 Å². The van der Waals surface area contributed by atoms with Gasteiger partial charge in [-0.2, -0.15) is 0 Å². The van der Waals surface area contributed by atoms with Crippen molar-refractivity contribution in [1.82, 2.24) is 9.80 Å². The topological polar surface area (TPSA) is 43.8 Å². The summed E-state index contributed by atoms with van der Waals surface area (Å²) in [6.45, 7) is 10.1. The molecule has 1 heterocycles. The van der Waals surface area contributed by atoms with E-state index in [0.29, 0.717) is 12.5 Å². The Labute approximate surface area is 91.9 Å². The maximum Gasteiger partial charge on any atom is 0.320 e. The Bertz CT molecular complexity index is 221. The summed E-state index contributed by atoms with van der Waals surface area (Å²) >= 11 is 0. The van der Waals surface area contributed by atoms with E-state index in [2.05, 4.69) is 23.6 Å². The van der Waals surface area contributed by atoms with Gasteiger partial charge in [0.25, 0.3) is 0 Å². The van der Waals surface area contributed by atoms with Crippen LogP contribution >= 0.6 is 0 Å². The van der Waals surface area contributed by atoms with E-state index in [1.54, 1.807) is 0 Å². The highest BCUT2D eigenvalue weighted by Gasteiger charge is 2.30. The standard InChI is InChI=1S/C11H22N2O2/c1-4-10(11(14)15)13-7-6-12(5-2)9(3)8-13/h9-10H,4-8H2,1-3H3,(H,14,15). The lowest BCUT2D eigenvalue weighted by atomic mass is 10.1. The van der Waals surface area contributed by atoms with E-state index >= 15 is 0 Å². The lowest BCUT2D eigenvalue weighted by Crippen LogP contribution is -2.56. The summed E-state index contributed by atoms with van der Waals surface area (Å²) < 4.78 is 0. The zero-order valence-corrected chi connectivity index (χ0v) is 9.94. The van der Waals surface area contributed by atoms with Crippen molar-refractivity contribution in [2.75, 3.05) is 26.2 Å². The monoisotopic (exact) mass is 214 g/mol. The summed E-state index contributed by atoms with van der Waals surface area (Å²) in [5.41, 5.74) is 0. The van der Waals surface area contributed by atoms with E-state index in [1.165, 1.54) is 0 Å². The summed E-state index contributed by atoms with van der Waals surface area (Å²) in [7, 11) is 0. The third kappa shape index (κ3) is 2.92. The first-order chi connectivity index (χ1) is 7.10. The highest BCUT2D eigenvalue weighted by molar-refractivity contribution is 5.73. The molecule has 0 aromatic carbocycles. The van der Waals surface area contributed by atoms with Crippen LogP contribution in [0.1, 0.15) is 27.2 Å². The predicted octanol–water partition coefficient (Wildman–Crippen LogP) is 0.876. The van der Waals surface area contributed by atoms with E-state index in [-0.39, 0.29) is 6.04 Å². The number of nitrogens with zero attached hydrogens (tertiary/aromatic N) is 2. The Balaban J connectivity index is 2.56. The van der Waals surface area contributed by atoms with Crippen LogP contribution in [-0.4, -0.2) is 59.1 Å². The van der Waals surface area contributed by atoms with E-state index in [1.807, 2.05) is 6.92 Å². The van der Waals surface area contributed by atoms with Gasteiger partial charge in [-0.25, -0.2) is 0 Å². The van der Waals surface area contributed by atoms with Gasteiger partial charge in [0, 0.05) is 25.7 Å². The van der Waals surface area contributed by atoms with Gasteiger partial charge in [-0.15, -0.1) is 0 Å². The van der Waals surface area contributed by atoms with Gasteiger partial charge in [0.2, 0.25) is 0 Å². The molecule has 1 saturated heterocycles. The number of piperazine rings is 1. The molecule has 4 heteroatoms. The normalized spacial score (nSPS) is 26.5. The Morgan fingerprint density at radius 1 is 1.47 bits per heavy atom. The van der Waals surface area contributed by atoms with Crippen molar-refractivity contribution in [3.63, 3.8) is 0 Å². The summed E-state index contributed by atoms with van der Waals surface area (Å²) in [6.07, 6.45) is 0.689. The SMILES string of the molecule is CCC(C(=O)O)N1CCN(CC)C(C)C1. The van der Waals surface area contributed by atoms with Crippen LogP contribution in [0.4, 0.5) is 0 Å². The number of carbonyl (C=O) groups is 1. The van der Waals surface area contributed by atoms with E-state index in [0.717, 1.165) is 26.2 Å². The van der Waals surface area contributed by atoms with Crippen molar-refractivity contribution in [2.24, 2.45) is 0 Å². The van der Waals surface area contributed by atoms with Crippen LogP contribution in [0.25, 0.3) is 0 Å². The van der Waals surface area contributed by atoms with Gasteiger partial charge in [-0.3, -0.25) is 14.6 Å². The number of rotatable bonds is 4. The number of aliphatic carboxylic acids is 1. The fourth-order valence-electron chi connectivity index (χ4n) is 2.37. The number of likely N-dealkylation sites (N-methyl/N-ethyl adjacent to an activating group) is 1. The predicted molar refractivity (Wildman–Crippen MR) is 60.0 cm³/mol. The van der Waals surface area contributed by atoms with Crippen molar-refractivity contribution < 1.29 is 9.90 Å². The molecule has 0 aromatic heterocycles. The zero-order chi connectivity index (χ0) is 11.4. The molecule has 0 bridgehead atoms. The van der Waals surface area contributed by atoms with Crippen LogP contribution < -0.4 is 0 Å². The molecule has 1 rings (SSSR count). The van der Waals surface area contributed by atoms with Gasteiger partial charge in [0.05, 0.1) is 0 Å². The van der Waals surface area contributed by atoms with Gasteiger partial charge in [0.1, 0.15) is 6.04 Å². The third-order valence-corrected chi connectivity index (χ3v) is 3.32. The first kappa shape index (κ1) is 12.5. The minimum absolute atomic E-state index is 0.300. The van der Waals surface area contributed by atoms with Gasteiger partial charge in [0.15, 0.2) is 0 Å². The van der Waals surface area contributed by atoms with E-state index in [9.17, 15) is 4.79 Å². The van der Waals surface area contributed by atoms with Crippen LogP contribution in [0.3, 0.4) is 0 Å². The molecule has 4 nitrogen and oxygen atoms in total. The second-order valence-corrected chi connectivity index (χ2v) is 4.23. The Kier molecular flexibility index (Phi) is 4.54.